The van der Waals surface area contributed by atoms with Gasteiger partial charge in [0, 0.05) is 51.7 Å². The van der Waals surface area contributed by atoms with Gasteiger partial charge in [-0.3, -0.25) is 4.79 Å². The van der Waals surface area contributed by atoms with Gasteiger partial charge in [-0.2, -0.15) is 0 Å². The van der Waals surface area contributed by atoms with Gasteiger partial charge >= 0.3 is 0 Å². The van der Waals surface area contributed by atoms with Gasteiger partial charge in [0.25, 0.3) is 0 Å². The number of methoxy groups -OCH3 is 1. The molecule has 1 amide bonds. The lowest BCUT2D eigenvalue weighted by Gasteiger charge is -2.32. The minimum atomic E-state index is 0.165. The van der Waals surface area contributed by atoms with Crippen LogP contribution in [0.5, 0.6) is 0 Å². The normalized spacial score (nSPS) is 15.4. The number of pyridine rings is 1. The molecule has 2 rings (SSSR count). The molecule has 1 aromatic heterocycles. The second kappa shape index (κ2) is 9.13. The van der Waals surface area contributed by atoms with Gasteiger partial charge in [0.05, 0.1) is 6.61 Å². The molecule has 1 aliphatic rings. The maximum atomic E-state index is 11.4. The number of thioether (sulfide) groups is 1. The number of hydrogen-bond acceptors (Lipinski definition) is 6. The lowest BCUT2D eigenvalue weighted by Crippen LogP contribution is -2.41. The molecule has 2 heterocycles. The average Bonchev–Trinajstić information content (AvgIpc) is 2.59. The Kier molecular flexibility index (Phi) is 7.17. The van der Waals surface area contributed by atoms with Crippen molar-refractivity contribution in [1.29, 1.82) is 0 Å². The largest absolute Gasteiger partial charge is 0.383 e. The Morgan fingerprint density at radius 3 is 2.75 bits per heavy atom. The summed E-state index contributed by atoms with van der Waals surface area (Å²) in [5.41, 5.74) is 0. The van der Waals surface area contributed by atoms with Gasteiger partial charge in [-0.15, -0.1) is 11.8 Å². The molecule has 0 bridgehead atoms. The van der Waals surface area contributed by atoms with Crippen LogP contribution >= 0.6 is 11.8 Å². The van der Waals surface area contributed by atoms with Gasteiger partial charge in [-0.1, -0.05) is 0 Å². The first-order valence-corrected chi connectivity index (χ1v) is 9.54. The molecule has 1 saturated heterocycles. The highest BCUT2D eigenvalue weighted by Gasteiger charge is 2.21. The second-order valence-electron chi connectivity index (χ2n) is 6.09. The number of ether oxygens (including phenoxy) is 1. The second-order valence-corrected chi connectivity index (χ2v) is 6.97. The highest BCUT2D eigenvalue weighted by atomic mass is 32.2. The molecule has 24 heavy (non-hydrogen) atoms. The van der Waals surface area contributed by atoms with E-state index in [4.69, 9.17) is 9.72 Å². The average molecular weight is 353 g/mol. The zero-order valence-electron chi connectivity index (χ0n) is 15.0. The first-order valence-electron chi connectivity index (χ1n) is 8.31. The van der Waals surface area contributed by atoms with E-state index in [9.17, 15) is 4.79 Å². The van der Waals surface area contributed by atoms with Gasteiger partial charge < -0.3 is 19.9 Å². The van der Waals surface area contributed by atoms with Crippen molar-refractivity contribution >= 4 is 29.3 Å². The molecule has 0 unspecified atom stereocenters. The Balaban J connectivity index is 2.03. The summed E-state index contributed by atoms with van der Waals surface area (Å²) in [6.45, 7) is 4.75. The summed E-state index contributed by atoms with van der Waals surface area (Å²) in [4.78, 5) is 21.4. The van der Waals surface area contributed by atoms with Crippen molar-refractivity contribution in [1.82, 2.24) is 9.88 Å². The highest BCUT2D eigenvalue weighted by molar-refractivity contribution is 7.98. The monoisotopic (exact) mass is 352 g/mol. The summed E-state index contributed by atoms with van der Waals surface area (Å²) >= 11 is 1.71. The molecule has 1 N–H and O–H groups in total. The third-order valence-electron chi connectivity index (χ3n) is 4.34. The summed E-state index contributed by atoms with van der Waals surface area (Å²) in [6, 6.07) is 4.56. The summed E-state index contributed by atoms with van der Waals surface area (Å²) < 4.78 is 5.15. The van der Waals surface area contributed by atoms with Gasteiger partial charge in [-0.25, -0.2) is 4.98 Å². The number of rotatable bonds is 7. The number of carbonyl (C=O) groups excluding carboxylic acids is 1. The zero-order chi connectivity index (χ0) is 17.5. The van der Waals surface area contributed by atoms with Gasteiger partial charge in [0.1, 0.15) is 11.6 Å². The summed E-state index contributed by atoms with van der Waals surface area (Å²) in [6.07, 6.45) is 3.99. The molecule has 1 fully saturated rings. The molecule has 0 radical (unpaired) electrons. The van der Waals surface area contributed by atoms with E-state index in [0.717, 1.165) is 44.1 Å². The molecular weight excluding hydrogens is 324 g/mol. The van der Waals surface area contributed by atoms with E-state index in [2.05, 4.69) is 28.6 Å². The molecule has 0 saturated carbocycles. The van der Waals surface area contributed by atoms with E-state index >= 15 is 0 Å². The smallest absolute Gasteiger partial charge is 0.219 e. The lowest BCUT2D eigenvalue weighted by molar-refractivity contribution is -0.129. The van der Waals surface area contributed by atoms with Crippen LogP contribution in [0.15, 0.2) is 17.0 Å². The van der Waals surface area contributed by atoms with Crippen LogP contribution in [0, 0.1) is 0 Å². The fourth-order valence-electron chi connectivity index (χ4n) is 2.77. The predicted octanol–water partition coefficient (Wildman–Crippen LogP) is 2.31. The number of likely N-dealkylation sites (tertiary alicyclic amines) is 1. The number of anilines is 2. The molecule has 0 aromatic carbocycles. The quantitative estimate of drug-likeness (QED) is 0.760. The molecule has 6 nitrogen and oxygen atoms in total. The van der Waals surface area contributed by atoms with Crippen LogP contribution in [0.2, 0.25) is 0 Å². The summed E-state index contributed by atoms with van der Waals surface area (Å²) in [5, 5.41) is 3.55. The van der Waals surface area contributed by atoms with E-state index in [1.165, 1.54) is 4.90 Å². The fraction of sp³-hybridized carbons (Fsp3) is 0.647. The van der Waals surface area contributed by atoms with Crippen LogP contribution in [-0.2, 0) is 9.53 Å². The number of nitrogens with zero attached hydrogens (tertiary/aromatic N) is 3. The number of amides is 1. The Morgan fingerprint density at radius 1 is 1.46 bits per heavy atom. The van der Waals surface area contributed by atoms with Crippen LogP contribution in [0.4, 0.5) is 11.6 Å². The van der Waals surface area contributed by atoms with Gasteiger partial charge in [0.2, 0.25) is 5.91 Å². The molecular formula is C17H28N4O2S. The van der Waals surface area contributed by atoms with Crippen molar-refractivity contribution in [2.75, 3.05) is 56.9 Å². The van der Waals surface area contributed by atoms with E-state index < -0.39 is 0 Å². The van der Waals surface area contributed by atoms with E-state index in [1.54, 1.807) is 25.8 Å². The van der Waals surface area contributed by atoms with Crippen LogP contribution in [-0.4, -0.2) is 68.5 Å². The third-order valence-corrected chi connectivity index (χ3v) is 5.04. The van der Waals surface area contributed by atoms with E-state index in [1.807, 2.05) is 11.9 Å². The topological polar surface area (TPSA) is 57.7 Å². The summed E-state index contributed by atoms with van der Waals surface area (Å²) in [7, 11) is 3.74. The number of nitrogens with one attached hydrogen (secondary N) is 1. The van der Waals surface area contributed by atoms with Crippen LogP contribution in [0.3, 0.4) is 0 Å². The SMILES string of the molecule is COCCN(C)c1cc(SC)cc(NC2CCN(C(C)=O)CC2)n1. The Labute approximate surface area is 148 Å². The van der Waals surface area contributed by atoms with Crippen LogP contribution in [0.1, 0.15) is 19.8 Å². The van der Waals surface area contributed by atoms with Gasteiger partial charge in [-0.05, 0) is 31.2 Å². The van der Waals surface area contributed by atoms with Crippen molar-refractivity contribution in [3.8, 4) is 0 Å². The molecule has 0 spiro atoms. The first-order chi connectivity index (χ1) is 11.5. The molecule has 0 aliphatic carbocycles. The molecule has 134 valence electrons. The van der Waals surface area contributed by atoms with Crippen molar-refractivity contribution in [3.05, 3.63) is 12.1 Å². The van der Waals surface area contributed by atoms with Crippen molar-refractivity contribution in [2.24, 2.45) is 0 Å². The summed E-state index contributed by atoms with van der Waals surface area (Å²) in [5.74, 6) is 2.02. The van der Waals surface area contributed by atoms with Crippen molar-refractivity contribution in [3.63, 3.8) is 0 Å². The molecule has 7 heteroatoms. The number of aromatic nitrogens is 1. The van der Waals surface area contributed by atoms with E-state index in [-0.39, 0.29) is 5.91 Å². The maximum Gasteiger partial charge on any atom is 0.219 e. The maximum absolute atomic E-state index is 11.4. The molecule has 1 aromatic rings. The van der Waals surface area contributed by atoms with E-state index in [0.29, 0.717) is 12.6 Å². The predicted molar refractivity (Wildman–Crippen MR) is 100 cm³/mol. The van der Waals surface area contributed by atoms with Crippen molar-refractivity contribution in [2.45, 2.75) is 30.7 Å². The van der Waals surface area contributed by atoms with Gasteiger partial charge in [0.15, 0.2) is 0 Å². The first kappa shape index (κ1) is 18.9. The fourth-order valence-corrected chi connectivity index (χ4v) is 3.22. The Morgan fingerprint density at radius 2 is 2.17 bits per heavy atom. The molecule has 1 aliphatic heterocycles. The van der Waals surface area contributed by atoms with Crippen LogP contribution in [0.25, 0.3) is 0 Å². The lowest BCUT2D eigenvalue weighted by atomic mass is 10.1. The standard InChI is InChI=1S/C17H28N4O2S/c1-13(22)21-7-5-14(6-8-21)18-16-11-15(24-4)12-17(19-16)20(2)9-10-23-3/h11-12,14H,5-10H2,1-4H3,(H,18,19). The van der Waals surface area contributed by atoms with Crippen LogP contribution < -0.4 is 10.2 Å². The Bertz CT molecular complexity index is 547. The number of hydrogen-bond donors (Lipinski definition) is 1. The number of likely N-dealkylation sites (N-methyl/N-ethyl adjacent to an activating group) is 1. The third kappa shape index (κ3) is 5.27. The Hall–Kier alpha value is -1.47. The van der Waals surface area contributed by atoms with Crippen molar-refractivity contribution < 1.29 is 9.53 Å². The zero-order valence-corrected chi connectivity index (χ0v) is 15.9. The highest BCUT2D eigenvalue weighted by Crippen LogP contribution is 2.25. The molecule has 0 atom stereocenters. The minimum absolute atomic E-state index is 0.165. The number of piperidine rings is 1. The minimum Gasteiger partial charge on any atom is -0.383 e. The number of carbonyl (C=O) groups is 1.